The molecule has 3 N–H and O–H groups in total. The Morgan fingerprint density at radius 1 is 1.29 bits per heavy atom. The van der Waals surface area contributed by atoms with E-state index < -0.39 is 0 Å². The predicted octanol–water partition coefficient (Wildman–Crippen LogP) is 1.91. The molecule has 114 valence electrons. The van der Waals surface area contributed by atoms with Crippen molar-refractivity contribution in [3.05, 3.63) is 29.3 Å². The summed E-state index contributed by atoms with van der Waals surface area (Å²) >= 11 is 0. The zero-order valence-corrected chi connectivity index (χ0v) is 12.9. The van der Waals surface area contributed by atoms with Crippen molar-refractivity contribution < 1.29 is 4.79 Å². The maximum atomic E-state index is 12.3. The Morgan fingerprint density at radius 3 is 2.62 bits per heavy atom. The Bertz CT molecular complexity index is 529. The van der Waals surface area contributed by atoms with Crippen LogP contribution in [0.3, 0.4) is 0 Å². The smallest absolute Gasteiger partial charge is 0.238 e. The van der Waals surface area contributed by atoms with E-state index in [1.807, 2.05) is 26.0 Å². The number of anilines is 1. The van der Waals surface area contributed by atoms with Crippen molar-refractivity contribution in [3.8, 4) is 0 Å². The van der Waals surface area contributed by atoms with Crippen molar-refractivity contribution in [3.63, 3.8) is 0 Å². The summed E-state index contributed by atoms with van der Waals surface area (Å²) in [5.41, 5.74) is 9.41. The lowest BCUT2D eigenvalue weighted by molar-refractivity contribution is -0.117. The first-order valence-electron chi connectivity index (χ1n) is 7.88. The lowest BCUT2D eigenvalue weighted by Gasteiger charge is -2.35. The fourth-order valence-corrected chi connectivity index (χ4v) is 3.75. The lowest BCUT2D eigenvalue weighted by atomic mass is 9.93. The number of aryl methyl sites for hydroxylation is 2. The van der Waals surface area contributed by atoms with Crippen molar-refractivity contribution in [2.75, 3.05) is 25.0 Å². The molecule has 2 fully saturated rings. The van der Waals surface area contributed by atoms with Gasteiger partial charge in [0.1, 0.15) is 0 Å². The van der Waals surface area contributed by atoms with Gasteiger partial charge in [0.15, 0.2) is 0 Å². The summed E-state index contributed by atoms with van der Waals surface area (Å²) in [6, 6.07) is 6.49. The third kappa shape index (κ3) is 3.11. The minimum absolute atomic E-state index is 0.0820. The number of carbonyl (C=O) groups excluding carboxylic acids is 1. The molecule has 0 radical (unpaired) electrons. The van der Waals surface area contributed by atoms with Gasteiger partial charge in [-0.1, -0.05) is 12.1 Å². The van der Waals surface area contributed by atoms with Gasteiger partial charge in [-0.2, -0.15) is 0 Å². The topological polar surface area (TPSA) is 58.4 Å². The molecule has 0 spiro atoms. The minimum Gasteiger partial charge on any atom is -0.327 e. The Kier molecular flexibility index (Phi) is 4.00. The maximum absolute atomic E-state index is 12.3. The summed E-state index contributed by atoms with van der Waals surface area (Å²) in [6.45, 7) is 6.48. The lowest BCUT2D eigenvalue weighted by Crippen LogP contribution is -2.50. The molecular formula is C17H25N3O. The van der Waals surface area contributed by atoms with Crippen LogP contribution in [0.2, 0.25) is 0 Å². The first-order valence-corrected chi connectivity index (χ1v) is 7.88. The number of likely N-dealkylation sites (tertiary alicyclic amines) is 1. The number of nitrogens with zero attached hydrogens (tertiary/aromatic N) is 1. The highest BCUT2D eigenvalue weighted by atomic mass is 16.2. The van der Waals surface area contributed by atoms with Crippen LogP contribution in [0, 0.1) is 25.7 Å². The van der Waals surface area contributed by atoms with Crippen LogP contribution in [0.4, 0.5) is 5.69 Å². The van der Waals surface area contributed by atoms with Crippen molar-refractivity contribution >= 4 is 11.6 Å². The molecule has 3 atom stereocenters. The molecule has 2 aliphatic rings. The molecular weight excluding hydrogens is 262 g/mol. The summed E-state index contributed by atoms with van der Waals surface area (Å²) in [6.07, 6.45) is 2.45. The number of benzene rings is 1. The van der Waals surface area contributed by atoms with Crippen LogP contribution in [-0.4, -0.2) is 36.5 Å². The van der Waals surface area contributed by atoms with Crippen LogP contribution in [-0.2, 0) is 4.79 Å². The zero-order valence-electron chi connectivity index (χ0n) is 12.9. The van der Waals surface area contributed by atoms with E-state index in [1.165, 1.54) is 12.8 Å². The van der Waals surface area contributed by atoms with E-state index in [-0.39, 0.29) is 5.91 Å². The standard InChI is InChI=1S/C17H25N3O/c1-11-3-4-12(2)15(7-11)19-16(21)10-20-8-13-5-6-14(9-20)17(13)18/h3-4,7,13-14,17H,5-6,8-10,18H2,1-2H3,(H,19,21)/t13-,14+,17?. The van der Waals surface area contributed by atoms with E-state index in [1.54, 1.807) is 0 Å². The summed E-state index contributed by atoms with van der Waals surface area (Å²) in [4.78, 5) is 14.5. The normalized spacial score (nSPS) is 28.6. The highest BCUT2D eigenvalue weighted by Gasteiger charge is 2.39. The average molecular weight is 287 g/mol. The summed E-state index contributed by atoms with van der Waals surface area (Å²) < 4.78 is 0. The third-order valence-electron chi connectivity index (χ3n) is 5.02. The molecule has 0 aromatic heterocycles. The third-order valence-corrected chi connectivity index (χ3v) is 5.02. The first kappa shape index (κ1) is 14.5. The second-order valence-electron chi connectivity index (χ2n) is 6.74. The molecule has 1 aromatic carbocycles. The molecule has 1 aromatic rings. The monoisotopic (exact) mass is 287 g/mol. The number of rotatable bonds is 3. The maximum Gasteiger partial charge on any atom is 0.238 e. The number of piperidine rings is 1. The zero-order chi connectivity index (χ0) is 15.0. The molecule has 3 rings (SSSR count). The number of carbonyl (C=O) groups is 1. The molecule has 1 saturated carbocycles. The highest BCUT2D eigenvalue weighted by Crippen LogP contribution is 2.35. The fraction of sp³-hybridized carbons (Fsp3) is 0.588. The van der Waals surface area contributed by atoms with Gasteiger partial charge in [0.05, 0.1) is 6.54 Å². The number of hydrogen-bond donors (Lipinski definition) is 2. The van der Waals surface area contributed by atoms with E-state index in [2.05, 4.69) is 16.3 Å². The van der Waals surface area contributed by atoms with Gasteiger partial charge in [0.2, 0.25) is 5.91 Å². The Hall–Kier alpha value is -1.39. The van der Waals surface area contributed by atoms with E-state index in [4.69, 9.17) is 5.73 Å². The van der Waals surface area contributed by atoms with Crippen molar-refractivity contribution in [1.29, 1.82) is 0 Å². The molecule has 1 aliphatic carbocycles. The minimum atomic E-state index is 0.0820. The number of amides is 1. The van der Waals surface area contributed by atoms with Gasteiger partial charge in [-0.15, -0.1) is 0 Å². The number of hydrogen-bond acceptors (Lipinski definition) is 3. The summed E-state index contributed by atoms with van der Waals surface area (Å²) in [5, 5.41) is 3.05. The van der Waals surface area contributed by atoms with Gasteiger partial charge in [-0.3, -0.25) is 9.69 Å². The van der Waals surface area contributed by atoms with Crippen molar-refractivity contribution in [2.45, 2.75) is 32.7 Å². The molecule has 1 amide bonds. The van der Waals surface area contributed by atoms with Crippen LogP contribution in [0.1, 0.15) is 24.0 Å². The van der Waals surface area contributed by atoms with Crippen molar-refractivity contribution in [1.82, 2.24) is 4.90 Å². The molecule has 21 heavy (non-hydrogen) atoms. The predicted molar refractivity (Wildman–Crippen MR) is 85.2 cm³/mol. The van der Waals surface area contributed by atoms with Gasteiger partial charge >= 0.3 is 0 Å². The Labute approximate surface area is 126 Å². The van der Waals surface area contributed by atoms with Crippen molar-refractivity contribution in [2.24, 2.45) is 17.6 Å². The average Bonchev–Trinajstić information content (AvgIpc) is 2.65. The van der Waals surface area contributed by atoms with E-state index >= 15 is 0 Å². The van der Waals surface area contributed by atoms with Crippen LogP contribution in [0.15, 0.2) is 18.2 Å². The largest absolute Gasteiger partial charge is 0.327 e. The molecule has 2 bridgehead atoms. The highest BCUT2D eigenvalue weighted by molar-refractivity contribution is 5.93. The molecule has 4 nitrogen and oxygen atoms in total. The number of nitrogens with two attached hydrogens (primary N) is 1. The van der Waals surface area contributed by atoms with Crippen LogP contribution in [0.5, 0.6) is 0 Å². The Morgan fingerprint density at radius 2 is 1.95 bits per heavy atom. The molecule has 1 unspecified atom stereocenters. The fourth-order valence-electron chi connectivity index (χ4n) is 3.75. The molecule has 1 aliphatic heterocycles. The molecule has 4 heteroatoms. The number of fused-ring (bicyclic) bond motifs is 2. The van der Waals surface area contributed by atoms with Crippen LogP contribution < -0.4 is 11.1 Å². The quantitative estimate of drug-likeness (QED) is 0.893. The number of nitrogens with one attached hydrogen (secondary N) is 1. The van der Waals surface area contributed by atoms with Gasteiger partial charge in [0, 0.05) is 24.8 Å². The van der Waals surface area contributed by atoms with E-state index in [0.717, 1.165) is 29.9 Å². The van der Waals surface area contributed by atoms with E-state index in [0.29, 0.717) is 24.4 Å². The Balaban J connectivity index is 1.59. The van der Waals surface area contributed by atoms with Gasteiger partial charge in [-0.25, -0.2) is 0 Å². The summed E-state index contributed by atoms with van der Waals surface area (Å²) in [7, 11) is 0. The van der Waals surface area contributed by atoms with Crippen LogP contribution in [0.25, 0.3) is 0 Å². The SMILES string of the molecule is Cc1ccc(C)c(NC(=O)CN2C[C@H]3CC[C@@H](C2)C3N)c1. The van der Waals surface area contributed by atoms with Gasteiger partial charge in [0.25, 0.3) is 0 Å². The summed E-state index contributed by atoms with van der Waals surface area (Å²) in [5.74, 6) is 1.24. The molecule has 1 saturated heterocycles. The molecule has 1 heterocycles. The van der Waals surface area contributed by atoms with Gasteiger partial charge in [-0.05, 0) is 55.7 Å². The second kappa shape index (κ2) is 5.78. The van der Waals surface area contributed by atoms with Crippen LogP contribution >= 0.6 is 0 Å². The first-order chi connectivity index (χ1) is 10.0. The van der Waals surface area contributed by atoms with E-state index in [9.17, 15) is 4.79 Å². The van der Waals surface area contributed by atoms with Gasteiger partial charge < -0.3 is 11.1 Å². The second-order valence-corrected chi connectivity index (χ2v) is 6.74.